The molecule has 1 unspecified atom stereocenters. The van der Waals surface area contributed by atoms with Crippen molar-refractivity contribution in [1.82, 2.24) is 10.0 Å². The monoisotopic (exact) mass is 498 g/mol. The number of rotatable bonds is 9. The molecule has 9 nitrogen and oxygen atoms in total. The molecule has 33 heavy (non-hydrogen) atoms. The molecular formula is C21H23FN2O7S2. The molecule has 12 heteroatoms. The summed E-state index contributed by atoms with van der Waals surface area (Å²) in [4.78, 5) is 24.1. The maximum absolute atomic E-state index is 14.0. The van der Waals surface area contributed by atoms with Crippen molar-refractivity contribution >= 4 is 31.7 Å². The molecule has 0 aliphatic carbocycles. The van der Waals surface area contributed by atoms with E-state index in [9.17, 15) is 30.8 Å². The Labute approximate surface area is 191 Å². The van der Waals surface area contributed by atoms with Gasteiger partial charge in [0.25, 0.3) is 5.91 Å². The number of carbonyl (C=O) groups excluding carboxylic acids is 2. The molecule has 0 aromatic heterocycles. The third-order valence-electron chi connectivity index (χ3n) is 4.93. The number of esters is 1. The predicted octanol–water partition coefficient (Wildman–Crippen LogP) is 0.562. The smallest absolute Gasteiger partial charge is 0.325 e. The van der Waals surface area contributed by atoms with Crippen LogP contribution >= 0.6 is 0 Å². The minimum Gasteiger partial charge on any atom is -0.454 e. The summed E-state index contributed by atoms with van der Waals surface area (Å²) in [6.07, 6.45) is 0.164. The highest BCUT2D eigenvalue weighted by atomic mass is 32.2. The molecule has 1 heterocycles. The molecule has 3 rings (SSSR count). The molecule has 2 aromatic rings. The van der Waals surface area contributed by atoms with Gasteiger partial charge in [-0.1, -0.05) is 42.5 Å². The van der Waals surface area contributed by atoms with Gasteiger partial charge in [0.1, 0.15) is 16.8 Å². The van der Waals surface area contributed by atoms with E-state index in [0.29, 0.717) is 5.56 Å². The van der Waals surface area contributed by atoms with Crippen LogP contribution in [0.15, 0.2) is 59.5 Å². The SMILES string of the molecule is O=C(COC(=O)[C@H](Cc1ccccc1)NS(=O)(=O)c1ccccc1F)NC1CCS(=O)(=O)C1. The number of halogens is 1. The summed E-state index contributed by atoms with van der Waals surface area (Å²) in [5.74, 6) is -2.95. The average Bonchev–Trinajstić information content (AvgIpc) is 3.10. The number of benzene rings is 2. The normalized spacial score (nSPS) is 18.4. The fourth-order valence-electron chi connectivity index (χ4n) is 3.35. The summed E-state index contributed by atoms with van der Waals surface area (Å²) < 4.78 is 69.6. The lowest BCUT2D eigenvalue weighted by Crippen LogP contribution is -2.45. The first-order valence-corrected chi connectivity index (χ1v) is 13.3. The topological polar surface area (TPSA) is 136 Å². The van der Waals surface area contributed by atoms with E-state index >= 15 is 0 Å². The van der Waals surface area contributed by atoms with Crippen LogP contribution in [0.4, 0.5) is 4.39 Å². The summed E-state index contributed by atoms with van der Waals surface area (Å²) in [5, 5.41) is 2.48. The molecule has 1 amide bonds. The van der Waals surface area contributed by atoms with Crippen molar-refractivity contribution in [2.75, 3.05) is 18.1 Å². The summed E-state index contributed by atoms with van der Waals surface area (Å²) in [6, 6.07) is 11.2. The van der Waals surface area contributed by atoms with E-state index < -0.39 is 61.1 Å². The first kappa shape index (κ1) is 24.8. The van der Waals surface area contributed by atoms with Crippen LogP contribution in [0.2, 0.25) is 0 Å². The van der Waals surface area contributed by atoms with Gasteiger partial charge < -0.3 is 10.1 Å². The third-order valence-corrected chi connectivity index (χ3v) is 8.21. The lowest BCUT2D eigenvalue weighted by atomic mass is 10.1. The van der Waals surface area contributed by atoms with Gasteiger partial charge in [-0.3, -0.25) is 9.59 Å². The first-order valence-electron chi connectivity index (χ1n) is 10.0. The quantitative estimate of drug-likeness (QED) is 0.482. The van der Waals surface area contributed by atoms with Gasteiger partial charge in [-0.2, -0.15) is 4.72 Å². The maximum atomic E-state index is 14.0. The zero-order chi connectivity index (χ0) is 24.1. The molecule has 0 spiro atoms. The number of hydrogen-bond acceptors (Lipinski definition) is 7. The van der Waals surface area contributed by atoms with E-state index in [1.54, 1.807) is 30.3 Å². The van der Waals surface area contributed by atoms with Crippen LogP contribution in [-0.4, -0.2) is 58.9 Å². The summed E-state index contributed by atoms with van der Waals surface area (Å²) in [5.41, 5.74) is 0.608. The van der Waals surface area contributed by atoms with Gasteiger partial charge in [0, 0.05) is 6.04 Å². The van der Waals surface area contributed by atoms with E-state index in [0.717, 1.165) is 12.1 Å². The van der Waals surface area contributed by atoms with Crippen LogP contribution in [0.5, 0.6) is 0 Å². The van der Waals surface area contributed by atoms with E-state index in [-0.39, 0.29) is 24.3 Å². The minimum atomic E-state index is -4.42. The van der Waals surface area contributed by atoms with Gasteiger partial charge in [-0.25, -0.2) is 21.2 Å². The first-order chi connectivity index (χ1) is 15.6. The van der Waals surface area contributed by atoms with Crippen molar-refractivity contribution in [2.24, 2.45) is 0 Å². The van der Waals surface area contributed by atoms with Crippen LogP contribution in [0.1, 0.15) is 12.0 Å². The van der Waals surface area contributed by atoms with Crippen molar-refractivity contribution in [3.05, 3.63) is 66.0 Å². The summed E-state index contributed by atoms with van der Waals surface area (Å²) >= 11 is 0. The number of sulfone groups is 1. The average molecular weight is 499 g/mol. The van der Waals surface area contributed by atoms with Crippen LogP contribution in [0.25, 0.3) is 0 Å². The predicted molar refractivity (Wildman–Crippen MR) is 117 cm³/mol. The molecule has 2 N–H and O–H groups in total. The van der Waals surface area contributed by atoms with Gasteiger partial charge in [-0.05, 0) is 30.5 Å². The van der Waals surface area contributed by atoms with Gasteiger partial charge in [-0.15, -0.1) is 0 Å². The summed E-state index contributed by atoms with van der Waals surface area (Å²) in [7, 11) is -7.62. The number of nitrogens with one attached hydrogen (secondary N) is 2. The van der Waals surface area contributed by atoms with Crippen LogP contribution in [-0.2, 0) is 40.6 Å². The molecule has 1 fully saturated rings. The molecule has 1 aliphatic rings. The molecular weight excluding hydrogens is 475 g/mol. The zero-order valence-electron chi connectivity index (χ0n) is 17.4. The van der Waals surface area contributed by atoms with Crippen LogP contribution in [0.3, 0.4) is 0 Å². The second kappa shape index (κ2) is 10.4. The highest BCUT2D eigenvalue weighted by molar-refractivity contribution is 7.91. The van der Waals surface area contributed by atoms with Gasteiger partial charge in [0.2, 0.25) is 10.0 Å². The molecule has 0 radical (unpaired) electrons. The van der Waals surface area contributed by atoms with Crippen LogP contribution in [0, 0.1) is 5.82 Å². The fraction of sp³-hybridized carbons (Fsp3) is 0.333. The third kappa shape index (κ3) is 7.07. The Hall–Kier alpha value is -2.83. The molecule has 1 saturated heterocycles. The number of ether oxygens (including phenoxy) is 1. The highest BCUT2D eigenvalue weighted by Gasteiger charge is 2.31. The molecule has 2 aromatic carbocycles. The van der Waals surface area contributed by atoms with Gasteiger partial charge in [0.15, 0.2) is 16.4 Å². The molecule has 2 atom stereocenters. The number of hydrogen-bond donors (Lipinski definition) is 2. The zero-order valence-corrected chi connectivity index (χ0v) is 19.1. The highest BCUT2D eigenvalue weighted by Crippen LogP contribution is 2.16. The molecule has 0 saturated carbocycles. The van der Waals surface area contributed by atoms with Crippen molar-refractivity contribution in [3.63, 3.8) is 0 Å². The van der Waals surface area contributed by atoms with Crippen molar-refractivity contribution < 1.29 is 35.6 Å². The van der Waals surface area contributed by atoms with E-state index in [1.165, 1.54) is 12.1 Å². The minimum absolute atomic E-state index is 0.0330. The van der Waals surface area contributed by atoms with Crippen molar-refractivity contribution in [1.29, 1.82) is 0 Å². The molecule has 0 bridgehead atoms. The number of amides is 1. The van der Waals surface area contributed by atoms with Crippen LogP contribution < -0.4 is 10.0 Å². The Morgan fingerprint density at radius 1 is 1.09 bits per heavy atom. The van der Waals surface area contributed by atoms with E-state index in [1.807, 2.05) is 0 Å². The fourth-order valence-corrected chi connectivity index (χ4v) is 6.29. The lowest BCUT2D eigenvalue weighted by Gasteiger charge is -2.18. The second-order valence-corrected chi connectivity index (χ2v) is 11.5. The Morgan fingerprint density at radius 2 is 1.76 bits per heavy atom. The van der Waals surface area contributed by atoms with E-state index in [4.69, 9.17) is 4.74 Å². The molecule has 1 aliphatic heterocycles. The summed E-state index contributed by atoms with van der Waals surface area (Å²) in [6.45, 7) is -0.720. The Kier molecular flexibility index (Phi) is 7.82. The number of carbonyl (C=O) groups is 2. The van der Waals surface area contributed by atoms with Crippen molar-refractivity contribution in [3.8, 4) is 0 Å². The second-order valence-electron chi connectivity index (χ2n) is 7.57. The van der Waals surface area contributed by atoms with E-state index in [2.05, 4.69) is 10.0 Å². The number of sulfonamides is 1. The largest absolute Gasteiger partial charge is 0.454 e. The maximum Gasteiger partial charge on any atom is 0.325 e. The van der Waals surface area contributed by atoms with Gasteiger partial charge >= 0.3 is 5.97 Å². The molecule has 178 valence electrons. The van der Waals surface area contributed by atoms with Gasteiger partial charge in [0.05, 0.1) is 11.5 Å². The van der Waals surface area contributed by atoms with Crippen molar-refractivity contribution in [2.45, 2.75) is 29.8 Å². The standard InChI is InChI=1S/C21H23FN2O7S2/c22-17-8-4-5-9-19(17)33(29,30)24-18(12-15-6-2-1-3-7-15)21(26)31-13-20(25)23-16-10-11-32(27,28)14-16/h1-9,16,18,24H,10-14H2,(H,23,25)/t16?,18-/m0/s1. The lowest BCUT2D eigenvalue weighted by molar-refractivity contribution is -0.150. The Balaban J connectivity index is 1.69. The Bertz CT molecular complexity index is 1220. The Morgan fingerprint density at radius 3 is 2.39 bits per heavy atom.